The lowest BCUT2D eigenvalue weighted by atomic mass is 10.1. The second kappa shape index (κ2) is 8.87. The van der Waals surface area contributed by atoms with Crippen molar-refractivity contribution in [3.8, 4) is 5.75 Å². The molecule has 0 fully saturated rings. The summed E-state index contributed by atoms with van der Waals surface area (Å²) in [7, 11) is 1.66. The molecule has 1 N–H and O–H groups in total. The maximum absolute atomic E-state index is 12.1. The zero-order valence-electron chi connectivity index (χ0n) is 16.0. The number of hydrogen-bond donors (Lipinski definition) is 1. The minimum Gasteiger partial charge on any atom is -0.496 e. The van der Waals surface area contributed by atoms with Gasteiger partial charge in [-0.15, -0.1) is 21.5 Å². The van der Waals surface area contributed by atoms with Crippen LogP contribution in [0.2, 0.25) is 0 Å². The predicted octanol–water partition coefficient (Wildman–Crippen LogP) is 2.82. The first kappa shape index (κ1) is 19.1. The van der Waals surface area contributed by atoms with E-state index in [1.807, 2.05) is 46.4 Å². The summed E-state index contributed by atoms with van der Waals surface area (Å²) in [6.45, 7) is 0.404. The molecule has 4 rings (SSSR count). The Kier molecular flexibility index (Phi) is 5.85. The van der Waals surface area contributed by atoms with E-state index in [4.69, 9.17) is 9.15 Å². The van der Waals surface area contributed by atoms with E-state index in [0.29, 0.717) is 31.2 Å². The molecule has 0 radical (unpaired) electrons. The average molecular weight is 411 g/mol. The molecule has 150 valence electrons. The van der Waals surface area contributed by atoms with Gasteiger partial charge in [-0.2, -0.15) is 0 Å². The minimum atomic E-state index is -0.0740. The van der Waals surface area contributed by atoms with Crippen LogP contribution < -0.4 is 10.1 Å². The molecule has 0 bridgehead atoms. The highest BCUT2D eigenvalue weighted by Gasteiger charge is 2.11. The SMILES string of the molecule is COc1ccccc1CCc1nnc(CCC(=O)NCc2cn3ccsc3n2)o1. The largest absolute Gasteiger partial charge is 0.496 e. The van der Waals surface area contributed by atoms with E-state index >= 15 is 0 Å². The van der Waals surface area contributed by atoms with Gasteiger partial charge in [-0.25, -0.2) is 4.98 Å². The van der Waals surface area contributed by atoms with E-state index in [1.165, 1.54) is 0 Å². The molecule has 3 aromatic heterocycles. The maximum Gasteiger partial charge on any atom is 0.220 e. The molecular weight excluding hydrogens is 390 g/mol. The van der Waals surface area contributed by atoms with Crippen LogP contribution in [0.1, 0.15) is 29.5 Å². The van der Waals surface area contributed by atoms with Gasteiger partial charge in [-0.1, -0.05) is 18.2 Å². The van der Waals surface area contributed by atoms with E-state index in [9.17, 15) is 4.79 Å². The quantitative estimate of drug-likeness (QED) is 0.455. The van der Waals surface area contributed by atoms with Crippen LogP contribution in [-0.4, -0.2) is 32.6 Å². The Labute approximate surface area is 171 Å². The smallest absolute Gasteiger partial charge is 0.220 e. The van der Waals surface area contributed by atoms with E-state index < -0.39 is 0 Å². The van der Waals surface area contributed by atoms with Gasteiger partial charge in [0.2, 0.25) is 17.7 Å². The van der Waals surface area contributed by atoms with Crippen LogP contribution in [0, 0.1) is 0 Å². The van der Waals surface area contributed by atoms with Gasteiger partial charge in [-0.05, 0) is 18.1 Å². The molecule has 4 aromatic rings. The van der Waals surface area contributed by atoms with Crippen molar-refractivity contribution in [3.63, 3.8) is 0 Å². The lowest BCUT2D eigenvalue weighted by Gasteiger charge is -2.06. The third-order valence-corrected chi connectivity index (χ3v) is 5.26. The Balaban J connectivity index is 1.22. The van der Waals surface area contributed by atoms with Gasteiger partial charge in [0.1, 0.15) is 5.75 Å². The first-order chi connectivity index (χ1) is 14.2. The molecule has 0 saturated carbocycles. The molecule has 8 nitrogen and oxygen atoms in total. The van der Waals surface area contributed by atoms with Crippen LogP contribution in [-0.2, 0) is 30.6 Å². The predicted molar refractivity (Wildman–Crippen MR) is 108 cm³/mol. The van der Waals surface area contributed by atoms with E-state index in [2.05, 4.69) is 20.5 Å². The van der Waals surface area contributed by atoms with E-state index in [1.54, 1.807) is 18.4 Å². The van der Waals surface area contributed by atoms with Gasteiger partial charge in [-0.3, -0.25) is 9.20 Å². The first-order valence-corrected chi connectivity index (χ1v) is 10.2. The number of fused-ring (bicyclic) bond motifs is 1. The molecule has 0 unspecified atom stereocenters. The second-order valence-electron chi connectivity index (χ2n) is 6.50. The number of ether oxygens (including phenoxy) is 1. The minimum absolute atomic E-state index is 0.0740. The normalized spacial score (nSPS) is 11.1. The summed E-state index contributed by atoms with van der Waals surface area (Å²) >= 11 is 1.56. The van der Waals surface area contributed by atoms with E-state index in [0.717, 1.165) is 28.4 Å². The summed E-state index contributed by atoms with van der Waals surface area (Å²) in [6, 6.07) is 7.86. The van der Waals surface area contributed by atoms with Crippen molar-refractivity contribution in [1.29, 1.82) is 0 Å². The molecule has 0 aliphatic heterocycles. The van der Waals surface area contributed by atoms with Crippen LogP contribution >= 0.6 is 11.3 Å². The third kappa shape index (κ3) is 4.80. The number of thiazole rings is 1. The number of benzene rings is 1. The highest BCUT2D eigenvalue weighted by atomic mass is 32.1. The lowest BCUT2D eigenvalue weighted by molar-refractivity contribution is -0.121. The number of para-hydroxylation sites is 1. The zero-order valence-corrected chi connectivity index (χ0v) is 16.8. The van der Waals surface area contributed by atoms with Crippen molar-refractivity contribution in [1.82, 2.24) is 24.9 Å². The van der Waals surface area contributed by atoms with Crippen molar-refractivity contribution in [2.75, 3.05) is 7.11 Å². The number of amides is 1. The Morgan fingerprint density at radius 3 is 2.86 bits per heavy atom. The highest BCUT2D eigenvalue weighted by Crippen LogP contribution is 2.19. The van der Waals surface area contributed by atoms with Crippen LogP contribution in [0.5, 0.6) is 5.75 Å². The molecule has 9 heteroatoms. The number of aryl methyl sites for hydroxylation is 3. The number of methoxy groups -OCH3 is 1. The Morgan fingerprint density at radius 2 is 2.03 bits per heavy atom. The van der Waals surface area contributed by atoms with Gasteiger partial charge < -0.3 is 14.5 Å². The zero-order chi connectivity index (χ0) is 20.1. The molecular formula is C20H21N5O3S. The van der Waals surface area contributed by atoms with Crippen LogP contribution in [0.4, 0.5) is 0 Å². The van der Waals surface area contributed by atoms with Gasteiger partial charge in [0.05, 0.1) is 19.3 Å². The summed E-state index contributed by atoms with van der Waals surface area (Å²) in [5.41, 5.74) is 1.93. The molecule has 29 heavy (non-hydrogen) atoms. The highest BCUT2D eigenvalue weighted by molar-refractivity contribution is 7.15. The van der Waals surface area contributed by atoms with E-state index in [-0.39, 0.29) is 12.3 Å². The number of nitrogens with zero attached hydrogens (tertiary/aromatic N) is 4. The first-order valence-electron chi connectivity index (χ1n) is 9.32. The molecule has 1 amide bonds. The second-order valence-corrected chi connectivity index (χ2v) is 7.38. The van der Waals surface area contributed by atoms with Crippen molar-refractivity contribution in [2.45, 2.75) is 32.2 Å². The maximum atomic E-state index is 12.1. The summed E-state index contributed by atoms with van der Waals surface area (Å²) in [4.78, 5) is 17.4. The van der Waals surface area contributed by atoms with Gasteiger partial charge in [0.25, 0.3) is 0 Å². The van der Waals surface area contributed by atoms with Crippen molar-refractivity contribution in [2.24, 2.45) is 0 Å². The number of carbonyl (C=O) groups is 1. The number of imidazole rings is 1. The Morgan fingerprint density at radius 1 is 1.21 bits per heavy atom. The van der Waals surface area contributed by atoms with Crippen molar-refractivity contribution >= 4 is 22.2 Å². The topological polar surface area (TPSA) is 94.5 Å². The number of aromatic nitrogens is 4. The Hall–Kier alpha value is -3.20. The standard InChI is InChI=1S/C20H21N5O3S/c1-27-16-5-3-2-4-14(16)6-8-18-23-24-19(28-18)9-7-17(26)21-12-15-13-25-10-11-29-20(25)22-15/h2-5,10-11,13H,6-9,12H2,1H3,(H,21,26). The fourth-order valence-corrected chi connectivity index (χ4v) is 3.72. The summed E-state index contributed by atoms with van der Waals surface area (Å²) in [5.74, 6) is 1.80. The molecule has 0 aliphatic rings. The van der Waals surface area contributed by atoms with Crippen LogP contribution in [0.15, 0.2) is 46.5 Å². The van der Waals surface area contributed by atoms with Crippen molar-refractivity contribution in [3.05, 3.63) is 65.1 Å². The van der Waals surface area contributed by atoms with Gasteiger partial charge in [0.15, 0.2) is 4.96 Å². The number of nitrogens with one attached hydrogen (secondary N) is 1. The fraction of sp³-hybridized carbons (Fsp3) is 0.300. The number of hydrogen-bond acceptors (Lipinski definition) is 7. The third-order valence-electron chi connectivity index (χ3n) is 4.49. The van der Waals surface area contributed by atoms with Crippen LogP contribution in [0.25, 0.3) is 4.96 Å². The van der Waals surface area contributed by atoms with Gasteiger partial charge >= 0.3 is 0 Å². The number of carbonyl (C=O) groups excluding carboxylic acids is 1. The fourth-order valence-electron chi connectivity index (χ4n) is 3.00. The average Bonchev–Trinajstić information content (AvgIpc) is 3.45. The number of rotatable bonds is 9. The Bertz CT molecular complexity index is 1070. The van der Waals surface area contributed by atoms with Gasteiger partial charge in [0, 0.05) is 37.0 Å². The molecule has 3 heterocycles. The lowest BCUT2D eigenvalue weighted by Crippen LogP contribution is -2.23. The summed E-state index contributed by atoms with van der Waals surface area (Å²) < 4.78 is 13.0. The molecule has 0 atom stereocenters. The monoisotopic (exact) mass is 411 g/mol. The molecule has 0 spiro atoms. The summed E-state index contributed by atoms with van der Waals surface area (Å²) in [6.07, 6.45) is 5.92. The molecule has 0 aliphatic carbocycles. The summed E-state index contributed by atoms with van der Waals surface area (Å²) in [5, 5.41) is 13.0. The van der Waals surface area contributed by atoms with Crippen LogP contribution in [0.3, 0.4) is 0 Å². The molecule has 0 saturated heterocycles. The molecule has 1 aromatic carbocycles. The van der Waals surface area contributed by atoms with Crippen molar-refractivity contribution < 1.29 is 13.9 Å².